The first-order chi connectivity index (χ1) is 28.7. The number of fused-ring (bicyclic) bond motifs is 12. The highest BCUT2D eigenvalue weighted by atomic mass is 16.5. The Hall–Kier alpha value is -7.62. The molecule has 0 fully saturated rings. The van der Waals surface area contributed by atoms with E-state index >= 15 is 0 Å². The van der Waals surface area contributed by atoms with Crippen molar-refractivity contribution in [3.05, 3.63) is 229 Å². The van der Waals surface area contributed by atoms with Crippen molar-refractivity contribution in [3.8, 4) is 67.7 Å². The summed E-state index contributed by atoms with van der Waals surface area (Å²) >= 11 is 0. The van der Waals surface area contributed by atoms with Crippen LogP contribution in [0.1, 0.15) is 22.3 Å². The van der Waals surface area contributed by atoms with Crippen molar-refractivity contribution in [2.24, 2.45) is 0 Å². The molecule has 0 saturated carbocycles. The molecule has 58 heavy (non-hydrogen) atoms. The van der Waals surface area contributed by atoms with Crippen LogP contribution >= 0.6 is 0 Å². The molecule has 0 saturated heterocycles. The zero-order valence-electron chi connectivity index (χ0n) is 31.4. The Bertz CT molecular complexity index is 3210. The van der Waals surface area contributed by atoms with E-state index in [9.17, 15) is 0 Å². The maximum Gasteiger partial charge on any atom is 0.160 e. The summed E-state index contributed by atoms with van der Waals surface area (Å²) < 4.78 is 6.59. The summed E-state index contributed by atoms with van der Waals surface area (Å²) in [6.45, 7) is 0. The third-order valence-corrected chi connectivity index (χ3v) is 12.2. The summed E-state index contributed by atoms with van der Waals surface area (Å²) in [7, 11) is 0. The highest BCUT2D eigenvalue weighted by molar-refractivity contribution is 6.13. The molecule has 3 heteroatoms. The van der Waals surface area contributed by atoms with Gasteiger partial charge in [0.05, 0.1) is 16.8 Å². The van der Waals surface area contributed by atoms with Gasteiger partial charge in [-0.2, -0.15) is 0 Å². The van der Waals surface area contributed by atoms with E-state index in [-0.39, 0.29) is 0 Å². The first kappa shape index (κ1) is 32.6. The van der Waals surface area contributed by atoms with E-state index in [4.69, 9.17) is 14.7 Å². The number of aromatic nitrogens is 2. The Morgan fingerprint density at radius 2 is 0.879 bits per heavy atom. The van der Waals surface area contributed by atoms with Crippen molar-refractivity contribution in [3.63, 3.8) is 0 Å². The molecule has 1 aliphatic carbocycles. The minimum absolute atomic E-state index is 0.561. The molecule has 0 N–H and O–H groups in total. The number of benzene rings is 9. The van der Waals surface area contributed by atoms with Crippen molar-refractivity contribution in [1.82, 2.24) is 9.97 Å². The van der Waals surface area contributed by atoms with Crippen LogP contribution in [-0.2, 0) is 5.41 Å². The third kappa shape index (κ3) is 4.80. The number of nitrogens with zero attached hydrogens (tertiary/aromatic N) is 2. The zero-order valence-corrected chi connectivity index (χ0v) is 31.4. The Balaban J connectivity index is 1.04. The molecule has 1 spiro atoms. The third-order valence-electron chi connectivity index (χ3n) is 12.2. The summed E-state index contributed by atoms with van der Waals surface area (Å²) in [5.74, 6) is 2.45. The van der Waals surface area contributed by atoms with Crippen molar-refractivity contribution in [1.29, 1.82) is 0 Å². The summed E-state index contributed by atoms with van der Waals surface area (Å²) in [5.41, 5.74) is 13.9. The average Bonchev–Trinajstić information content (AvgIpc) is 3.59. The predicted octanol–water partition coefficient (Wildman–Crippen LogP) is 13.9. The fourth-order valence-electron chi connectivity index (χ4n) is 9.59. The normalized spacial score (nSPS) is 13.1. The second kappa shape index (κ2) is 12.7. The molecule has 12 rings (SSSR count). The van der Waals surface area contributed by atoms with E-state index < -0.39 is 5.41 Å². The lowest BCUT2D eigenvalue weighted by Crippen LogP contribution is -2.32. The lowest BCUT2D eigenvalue weighted by atomic mass is 9.66. The highest BCUT2D eigenvalue weighted by Crippen LogP contribution is 2.62. The zero-order chi connectivity index (χ0) is 38.2. The van der Waals surface area contributed by atoms with E-state index in [0.717, 1.165) is 50.7 Å². The van der Waals surface area contributed by atoms with Gasteiger partial charge in [-0.05, 0) is 85.3 Å². The standard InChI is InChI=1S/C55H34N2O/c1-2-14-37(15-3-1)54-56-50(36-28-26-35(27-29-36)45-32-38-16-4-5-17-40(38)41-18-6-7-19-42(41)45)34-51(57-54)39-30-31-44-43-20-8-9-21-46(43)55(49(44)33-39)47-22-10-12-24-52(47)58-53-25-13-11-23-48(53)55/h1-34H. The van der Waals surface area contributed by atoms with Crippen molar-refractivity contribution < 1.29 is 4.74 Å². The molecule has 10 aromatic rings. The van der Waals surface area contributed by atoms with Crippen molar-refractivity contribution in [2.75, 3.05) is 0 Å². The minimum Gasteiger partial charge on any atom is -0.457 e. The number of para-hydroxylation sites is 2. The van der Waals surface area contributed by atoms with Crippen LogP contribution in [0.25, 0.3) is 77.7 Å². The second-order valence-electron chi connectivity index (χ2n) is 15.2. The van der Waals surface area contributed by atoms with Gasteiger partial charge >= 0.3 is 0 Å². The molecule has 270 valence electrons. The average molecular weight is 739 g/mol. The summed E-state index contributed by atoms with van der Waals surface area (Å²) in [6.07, 6.45) is 0. The van der Waals surface area contributed by atoms with E-state index in [1.807, 2.05) is 18.2 Å². The molecule has 2 heterocycles. The first-order valence-corrected chi connectivity index (χ1v) is 19.8. The molecule has 0 atom stereocenters. The molecule has 0 radical (unpaired) electrons. The Morgan fingerprint density at radius 3 is 1.64 bits per heavy atom. The maximum atomic E-state index is 6.59. The SMILES string of the molecule is c1ccc(-c2nc(-c3ccc(-c4cc5ccccc5c5ccccc45)cc3)cc(-c3ccc4c(c3)C3(c5ccccc5Oc5ccccc53)c3ccccc3-4)n2)cc1. The van der Waals surface area contributed by atoms with E-state index in [1.54, 1.807) is 0 Å². The molecule has 0 bridgehead atoms. The number of rotatable bonds is 4. The van der Waals surface area contributed by atoms with Crippen molar-refractivity contribution >= 4 is 21.5 Å². The molecular formula is C55H34N2O. The van der Waals surface area contributed by atoms with Crippen LogP contribution < -0.4 is 4.74 Å². The molecule has 1 aliphatic heterocycles. The van der Waals surface area contributed by atoms with E-state index in [2.05, 4.69) is 188 Å². The lowest BCUT2D eigenvalue weighted by Gasteiger charge is -2.39. The number of ether oxygens (including phenoxy) is 1. The van der Waals surface area contributed by atoms with E-state index in [1.165, 1.54) is 54.9 Å². The summed E-state index contributed by atoms with van der Waals surface area (Å²) in [6, 6.07) is 73.7. The van der Waals surface area contributed by atoms with Gasteiger partial charge in [-0.3, -0.25) is 0 Å². The van der Waals surface area contributed by atoms with Crippen LogP contribution in [0.5, 0.6) is 11.5 Å². The summed E-state index contributed by atoms with van der Waals surface area (Å²) in [5, 5.41) is 5.02. The molecule has 1 aromatic heterocycles. The largest absolute Gasteiger partial charge is 0.457 e. The van der Waals surface area contributed by atoms with Crippen LogP contribution in [0.15, 0.2) is 206 Å². The van der Waals surface area contributed by atoms with Gasteiger partial charge in [0.15, 0.2) is 5.82 Å². The monoisotopic (exact) mass is 738 g/mol. The van der Waals surface area contributed by atoms with Gasteiger partial charge in [0.2, 0.25) is 0 Å². The van der Waals surface area contributed by atoms with Gasteiger partial charge in [-0.25, -0.2) is 9.97 Å². The molecule has 0 unspecified atom stereocenters. The van der Waals surface area contributed by atoms with Crippen LogP contribution in [0, 0.1) is 0 Å². The first-order valence-electron chi connectivity index (χ1n) is 19.8. The van der Waals surface area contributed by atoms with Crippen LogP contribution in [0.4, 0.5) is 0 Å². The van der Waals surface area contributed by atoms with Crippen LogP contribution in [0.2, 0.25) is 0 Å². The topological polar surface area (TPSA) is 35.0 Å². The molecular weight excluding hydrogens is 705 g/mol. The van der Waals surface area contributed by atoms with Gasteiger partial charge < -0.3 is 4.74 Å². The van der Waals surface area contributed by atoms with Crippen LogP contribution in [-0.4, -0.2) is 9.97 Å². The minimum atomic E-state index is -0.561. The van der Waals surface area contributed by atoms with Gasteiger partial charge in [-0.15, -0.1) is 0 Å². The number of hydrogen-bond acceptors (Lipinski definition) is 3. The Labute approximate surface area is 336 Å². The Kier molecular flexibility index (Phi) is 7.14. The van der Waals surface area contributed by atoms with Gasteiger partial charge in [0.25, 0.3) is 0 Å². The maximum absolute atomic E-state index is 6.59. The fourth-order valence-corrected chi connectivity index (χ4v) is 9.59. The summed E-state index contributed by atoms with van der Waals surface area (Å²) in [4.78, 5) is 10.5. The van der Waals surface area contributed by atoms with Crippen molar-refractivity contribution in [2.45, 2.75) is 5.41 Å². The second-order valence-corrected chi connectivity index (χ2v) is 15.2. The molecule has 0 amide bonds. The van der Waals surface area contributed by atoms with E-state index in [0.29, 0.717) is 5.82 Å². The number of hydrogen-bond donors (Lipinski definition) is 0. The lowest BCUT2D eigenvalue weighted by molar-refractivity contribution is 0.436. The Morgan fingerprint density at radius 1 is 0.328 bits per heavy atom. The quantitative estimate of drug-likeness (QED) is 0.169. The predicted molar refractivity (Wildman–Crippen MR) is 236 cm³/mol. The smallest absolute Gasteiger partial charge is 0.160 e. The van der Waals surface area contributed by atoms with Crippen LogP contribution in [0.3, 0.4) is 0 Å². The van der Waals surface area contributed by atoms with Gasteiger partial charge in [0.1, 0.15) is 11.5 Å². The highest BCUT2D eigenvalue weighted by Gasteiger charge is 2.51. The fraction of sp³-hybridized carbons (Fsp3) is 0.0182. The molecule has 3 nitrogen and oxygen atoms in total. The van der Waals surface area contributed by atoms with Gasteiger partial charge in [-0.1, -0.05) is 176 Å². The molecule has 2 aliphatic rings. The molecule has 9 aromatic carbocycles. The van der Waals surface area contributed by atoms with Gasteiger partial charge in [0, 0.05) is 27.8 Å².